The Morgan fingerprint density at radius 3 is 2.57 bits per heavy atom. The van der Waals surface area contributed by atoms with Crippen molar-refractivity contribution >= 4 is 11.7 Å². The summed E-state index contributed by atoms with van der Waals surface area (Å²) in [6.45, 7) is 7.85. The fourth-order valence-electron chi connectivity index (χ4n) is 4.08. The number of rotatable bonds is 3. The predicted molar refractivity (Wildman–Crippen MR) is 114 cm³/mol. The Kier molecular flexibility index (Phi) is 4.95. The number of urea groups is 1. The minimum atomic E-state index is -0.0840. The van der Waals surface area contributed by atoms with Gasteiger partial charge in [0, 0.05) is 30.7 Å². The summed E-state index contributed by atoms with van der Waals surface area (Å²) in [5.41, 5.74) is 6.89. The molecule has 1 atom stereocenters. The van der Waals surface area contributed by atoms with Gasteiger partial charge in [0.05, 0.1) is 6.04 Å². The summed E-state index contributed by atoms with van der Waals surface area (Å²) >= 11 is 0. The average Bonchev–Trinajstić information content (AvgIpc) is 3.17. The maximum atomic E-state index is 13.2. The van der Waals surface area contributed by atoms with E-state index in [0.717, 1.165) is 24.3 Å². The van der Waals surface area contributed by atoms with Gasteiger partial charge in [-0.3, -0.25) is 0 Å². The maximum absolute atomic E-state index is 13.2. The van der Waals surface area contributed by atoms with Crippen molar-refractivity contribution in [1.82, 2.24) is 9.47 Å². The summed E-state index contributed by atoms with van der Waals surface area (Å²) in [5.74, 6) is 0. The van der Waals surface area contributed by atoms with E-state index in [1.807, 2.05) is 17.0 Å². The van der Waals surface area contributed by atoms with E-state index in [2.05, 4.69) is 79.3 Å². The van der Waals surface area contributed by atoms with E-state index >= 15 is 0 Å². The number of nitrogens with zero attached hydrogens (tertiary/aromatic N) is 2. The highest BCUT2D eigenvalue weighted by molar-refractivity contribution is 5.90. The third-order valence-electron chi connectivity index (χ3n) is 5.63. The van der Waals surface area contributed by atoms with E-state index in [9.17, 15) is 4.79 Å². The number of benzene rings is 2. The molecule has 1 aromatic heterocycles. The minimum Gasteiger partial charge on any atom is -0.348 e. The van der Waals surface area contributed by atoms with Gasteiger partial charge in [-0.25, -0.2) is 4.79 Å². The zero-order valence-corrected chi connectivity index (χ0v) is 16.8. The van der Waals surface area contributed by atoms with Crippen molar-refractivity contribution in [2.24, 2.45) is 0 Å². The topological polar surface area (TPSA) is 37.3 Å². The number of hydrogen-bond acceptors (Lipinski definition) is 1. The van der Waals surface area contributed by atoms with Gasteiger partial charge in [0.1, 0.15) is 0 Å². The molecule has 0 aliphatic carbocycles. The number of fused-ring (bicyclic) bond motifs is 1. The van der Waals surface area contributed by atoms with Gasteiger partial charge < -0.3 is 14.8 Å². The van der Waals surface area contributed by atoms with Crippen LogP contribution in [0.25, 0.3) is 0 Å². The molecule has 0 fully saturated rings. The van der Waals surface area contributed by atoms with Crippen LogP contribution in [0.5, 0.6) is 0 Å². The summed E-state index contributed by atoms with van der Waals surface area (Å²) in [7, 11) is 0. The molecule has 1 aliphatic heterocycles. The molecule has 2 heterocycles. The number of amides is 2. The van der Waals surface area contributed by atoms with Crippen molar-refractivity contribution in [2.45, 2.75) is 39.8 Å². The third kappa shape index (κ3) is 3.42. The SMILES string of the molecule is CCc1ccc(NC(=O)N2CCn3cccc3C2c2ccc(C)cc2C)cc1. The Hall–Kier alpha value is -3.01. The summed E-state index contributed by atoms with van der Waals surface area (Å²) < 4.78 is 2.25. The Labute approximate surface area is 166 Å². The van der Waals surface area contributed by atoms with Gasteiger partial charge in [-0.05, 0) is 61.2 Å². The smallest absolute Gasteiger partial charge is 0.322 e. The fraction of sp³-hybridized carbons (Fsp3) is 0.292. The van der Waals surface area contributed by atoms with Crippen LogP contribution in [0.2, 0.25) is 0 Å². The van der Waals surface area contributed by atoms with Crippen LogP contribution in [-0.2, 0) is 13.0 Å². The van der Waals surface area contributed by atoms with Crippen LogP contribution >= 0.6 is 0 Å². The molecule has 0 radical (unpaired) electrons. The zero-order valence-electron chi connectivity index (χ0n) is 16.8. The maximum Gasteiger partial charge on any atom is 0.322 e. The lowest BCUT2D eigenvalue weighted by atomic mass is 9.94. The Morgan fingerprint density at radius 1 is 1.07 bits per heavy atom. The van der Waals surface area contributed by atoms with E-state index in [1.54, 1.807) is 0 Å². The number of anilines is 1. The van der Waals surface area contributed by atoms with E-state index in [-0.39, 0.29) is 12.1 Å². The molecule has 4 rings (SSSR count). The first-order chi connectivity index (χ1) is 13.6. The van der Waals surface area contributed by atoms with Crippen molar-refractivity contribution in [2.75, 3.05) is 11.9 Å². The van der Waals surface area contributed by atoms with Gasteiger partial charge in [-0.2, -0.15) is 0 Å². The summed E-state index contributed by atoms with van der Waals surface area (Å²) in [6.07, 6.45) is 3.09. The normalized spacial score (nSPS) is 16.0. The molecule has 0 saturated heterocycles. The van der Waals surface area contributed by atoms with Crippen LogP contribution in [0.3, 0.4) is 0 Å². The van der Waals surface area contributed by atoms with Gasteiger partial charge in [0.25, 0.3) is 0 Å². The standard InChI is InChI=1S/C24H27N3O/c1-4-19-8-10-20(11-9-19)25-24(28)27-15-14-26-13-5-6-22(26)23(27)21-12-7-17(2)16-18(21)3/h5-13,16,23H,4,14-15H2,1-3H3,(H,25,28). The summed E-state index contributed by atoms with van der Waals surface area (Å²) in [5, 5.41) is 3.09. The first-order valence-corrected chi connectivity index (χ1v) is 9.95. The molecule has 28 heavy (non-hydrogen) atoms. The predicted octanol–water partition coefficient (Wildman–Crippen LogP) is 5.30. The van der Waals surface area contributed by atoms with Gasteiger partial charge in [0.2, 0.25) is 0 Å². The molecule has 2 aromatic carbocycles. The Morgan fingerprint density at radius 2 is 1.86 bits per heavy atom. The van der Waals surface area contributed by atoms with Crippen LogP contribution in [0.15, 0.2) is 60.8 Å². The Balaban J connectivity index is 1.67. The zero-order chi connectivity index (χ0) is 19.7. The van der Waals surface area contributed by atoms with E-state index in [4.69, 9.17) is 0 Å². The molecule has 144 valence electrons. The molecule has 1 unspecified atom stereocenters. The van der Waals surface area contributed by atoms with Crippen molar-refractivity contribution < 1.29 is 4.79 Å². The molecule has 0 spiro atoms. The molecular weight excluding hydrogens is 346 g/mol. The number of aromatic nitrogens is 1. The molecule has 0 bridgehead atoms. The monoisotopic (exact) mass is 373 g/mol. The van der Waals surface area contributed by atoms with Crippen molar-refractivity contribution in [3.8, 4) is 0 Å². The second-order valence-corrected chi connectivity index (χ2v) is 7.56. The van der Waals surface area contributed by atoms with Crippen molar-refractivity contribution in [1.29, 1.82) is 0 Å². The highest BCUT2D eigenvalue weighted by Gasteiger charge is 2.33. The molecular formula is C24H27N3O. The lowest BCUT2D eigenvalue weighted by Crippen LogP contribution is -2.44. The van der Waals surface area contributed by atoms with Crippen LogP contribution in [0, 0.1) is 13.8 Å². The van der Waals surface area contributed by atoms with E-state index in [0.29, 0.717) is 6.54 Å². The second-order valence-electron chi connectivity index (χ2n) is 7.56. The number of hydrogen-bond donors (Lipinski definition) is 1. The molecule has 1 aliphatic rings. The second kappa shape index (κ2) is 7.55. The largest absolute Gasteiger partial charge is 0.348 e. The van der Waals surface area contributed by atoms with Gasteiger partial charge in [-0.1, -0.05) is 42.8 Å². The van der Waals surface area contributed by atoms with Crippen LogP contribution in [0.4, 0.5) is 10.5 Å². The van der Waals surface area contributed by atoms with E-state index < -0.39 is 0 Å². The van der Waals surface area contributed by atoms with Gasteiger partial charge in [0.15, 0.2) is 0 Å². The molecule has 2 amide bonds. The Bertz CT molecular complexity index is 987. The lowest BCUT2D eigenvalue weighted by Gasteiger charge is -2.38. The number of aryl methyl sites for hydroxylation is 3. The third-order valence-corrected chi connectivity index (χ3v) is 5.63. The summed E-state index contributed by atoms with van der Waals surface area (Å²) in [6, 6.07) is 18.6. The van der Waals surface area contributed by atoms with Gasteiger partial charge >= 0.3 is 6.03 Å². The highest BCUT2D eigenvalue weighted by Crippen LogP contribution is 2.34. The number of carbonyl (C=O) groups excluding carboxylic acids is 1. The summed E-state index contributed by atoms with van der Waals surface area (Å²) in [4.78, 5) is 15.2. The lowest BCUT2D eigenvalue weighted by molar-refractivity contribution is 0.181. The molecule has 3 aromatic rings. The molecule has 4 nitrogen and oxygen atoms in total. The van der Waals surface area contributed by atoms with Crippen LogP contribution in [-0.4, -0.2) is 22.0 Å². The number of nitrogens with one attached hydrogen (secondary N) is 1. The minimum absolute atomic E-state index is 0.0540. The fourth-order valence-corrected chi connectivity index (χ4v) is 4.08. The highest BCUT2D eigenvalue weighted by atomic mass is 16.2. The average molecular weight is 374 g/mol. The molecule has 1 N–H and O–H groups in total. The van der Waals surface area contributed by atoms with Crippen molar-refractivity contribution in [3.63, 3.8) is 0 Å². The van der Waals surface area contributed by atoms with Crippen LogP contribution in [0.1, 0.15) is 40.9 Å². The first kappa shape index (κ1) is 18.4. The van der Waals surface area contributed by atoms with Gasteiger partial charge in [-0.15, -0.1) is 0 Å². The molecule has 0 saturated carbocycles. The first-order valence-electron chi connectivity index (χ1n) is 9.95. The number of carbonyl (C=O) groups is 1. The van der Waals surface area contributed by atoms with Crippen molar-refractivity contribution in [3.05, 3.63) is 88.7 Å². The van der Waals surface area contributed by atoms with Crippen LogP contribution < -0.4 is 5.32 Å². The van der Waals surface area contributed by atoms with E-state index in [1.165, 1.54) is 22.3 Å². The molecule has 4 heteroatoms. The quantitative estimate of drug-likeness (QED) is 0.664.